The van der Waals surface area contributed by atoms with Crippen LogP contribution in [0.5, 0.6) is 0 Å². The monoisotopic (exact) mass is 478 g/mol. The molecule has 0 bridgehead atoms. The third-order valence-corrected chi connectivity index (χ3v) is 8.55. The Labute approximate surface area is 177 Å². The zero-order valence-corrected chi connectivity index (χ0v) is 18.4. The fourth-order valence-corrected chi connectivity index (χ4v) is 7.84. The minimum Gasteiger partial charge on any atom is -0.316 e. The quantitative estimate of drug-likeness (QED) is 0.673. The van der Waals surface area contributed by atoms with Crippen molar-refractivity contribution in [2.45, 2.75) is 24.6 Å². The largest absolute Gasteiger partial charge is 0.316 e. The van der Waals surface area contributed by atoms with Gasteiger partial charge in [-0.1, -0.05) is 63.6 Å². The summed E-state index contributed by atoms with van der Waals surface area (Å²) in [6.45, 7) is 2.00. The SMILES string of the molecule is Cc1ccc(CC(=O)N=C2S[C@@H]3CS(=O)(=O)C[C@@H]3N2c2cccc(Br)c2)cc1. The summed E-state index contributed by atoms with van der Waals surface area (Å²) in [6.07, 6.45) is 0.226. The smallest absolute Gasteiger partial charge is 0.252 e. The third-order valence-electron chi connectivity index (χ3n) is 4.85. The summed E-state index contributed by atoms with van der Waals surface area (Å²) in [5.74, 6) is -0.0189. The van der Waals surface area contributed by atoms with Crippen molar-refractivity contribution in [2.24, 2.45) is 4.99 Å². The lowest BCUT2D eigenvalue weighted by atomic mass is 10.1. The van der Waals surface area contributed by atoms with Crippen molar-refractivity contribution in [1.29, 1.82) is 0 Å². The highest BCUT2D eigenvalue weighted by Gasteiger charge is 2.49. The lowest BCUT2D eigenvalue weighted by molar-refractivity contribution is -0.117. The second kappa shape index (κ2) is 7.65. The Balaban J connectivity index is 1.63. The Bertz CT molecular complexity index is 1050. The summed E-state index contributed by atoms with van der Waals surface area (Å²) in [6, 6.07) is 15.3. The maximum atomic E-state index is 12.6. The highest BCUT2D eigenvalue weighted by Crippen LogP contribution is 2.41. The van der Waals surface area contributed by atoms with Crippen LogP contribution in [0.3, 0.4) is 0 Å². The van der Waals surface area contributed by atoms with Gasteiger partial charge in [0, 0.05) is 15.4 Å². The van der Waals surface area contributed by atoms with Crippen LogP contribution >= 0.6 is 27.7 Å². The summed E-state index contributed by atoms with van der Waals surface area (Å²) < 4.78 is 25.2. The second-order valence-corrected chi connectivity index (χ2v) is 11.4. The van der Waals surface area contributed by atoms with Gasteiger partial charge in [-0.05, 0) is 30.7 Å². The van der Waals surface area contributed by atoms with Crippen molar-refractivity contribution >= 4 is 54.3 Å². The number of nitrogens with zero attached hydrogens (tertiary/aromatic N) is 2. The number of sulfone groups is 1. The van der Waals surface area contributed by atoms with Gasteiger partial charge in [0.1, 0.15) is 0 Å². The normalized spacial score (nSPS) is 24.5. The van der Waals surface area contributed by atoms with Gasteiger partial charge in [-0.3, -0.25) is 4.79 Å². The molecule has 28 heavy (non-hydrogen) atoms. The van der Waals surface area contributed by atoms with E-state index in [1.165, 1.54) is 11.8 Å². The fourth-order valence-electron chi connectivity index (χ4n) is 3.52. The minimum absolute atomic E-state index is 0.0857. The predicted octanol–water partition coefficient (Wildman–Crippen LogP) is 3.60. The molecule has 0 radical (unpaired) electrons. The molecular weight excluding hydrogens is 460 g/mol. The van der Waals surface area contributed by atoms with Crippen molar-refractivity contribution in [3.63, 3.8) is 0 Å². The van der Waals surface area contributed by atoms with E-state index in [-0.39, 0.29) is 35.1 Å². The Hall–Kier alpha value is -1.64. The van der Waals surface area contributed by atoms with Gasteiger partial charge >= 0.3 is 0 Å². The molecule has 2 aromatic carbocycles. The summed E-state index contributed by atoms with van der Waals surface area (Å²) >= 11 is 4.86. The first kappa shape index (κ1) is 19.7. The highest BCUT2D eigenvalue weighted by atomic mass is 79.9. The van der Waals surface area contributed by atoms with Crippen molar-refractivity contribution in [3.8, 4) is 0 Å². The lowest BCUT2D eigenvalue weighted by Crippen LogP contribution is -2.37. The molecule has 0 saturated carbocycles. The first-order chi connectivity index (χ1) is 13.3. The van der Waals surface area contributed by atoms with E-state index in [2.05, 4.69) is 20.9 Å². The molecule has 0 aromatic heterocycles. The van der Waals surface area contributed by atoms with Gasteiger partial charge in [-0.15, -0.1) is 0 Å². The Kier molecular flexibility index (Phi) is 5.37. The molecule has 2 aromatic rings. The van der Waals surface area contributed by atoms with E-state index in [1.54, 1.807) is 0 Å². The van der Waals surface area contributed by atoms with Gasteiger partial charge in [0.15, 0.2) is 15.0 Å². The zero-order chi connectivity index (χ0) is 19.9. The molecule has 8 heteroatoms. The molecule has 0 N–H and O–H groups in total. The molecule has 2 atom stereocenters. The molecule has 2 fully saturated rings. The number of amides is 1. The molecule has 2 aliphatic heterocycles. The maximum absolute atomic E-state index is 12.6. The number of aryl methyl sites for hydroxylation is 1. The first-order valence-electron chi connectivity index (χ1n) is 8.90. The maximum Gasteiger partial charge on any atom is 0.252 e. The lowest BCUT2D eigenvalue weighted by Gasteiger charge is -2.24. The van der Waals surface area contributed by atoms with Crippen LogP contribution in [0.25, 0.3) is 0 Å². The van der Waals surface area contributed by atoms with Crippen molar-refractivity contribution < 1.29 is 13.2 Å². The van der Waals surface area contributed by atoms with Crippen LogP contribution < -0.4 is 4.90 Å². The summed E-state index contributed by atoms with van der Waals surface area (Å²) in [7, 11) is -3.08. The second-order valence-electron chi connectivity index (χ2n) is 7.10. The van der Waals surface area contributed by atoms with Crippen LogP contribution in [0.1, 0.15) is 11.1 Å². The van der Waals surface area contributed by atoms with Crippen LogP contribution in [0, 0.1) is 6.92 Å². The number of aliphatic imine (C=N–C) groups is 1. The zero-order valence-electron chi connectivity index (χ0n) is 15.2. The number of anilines is 1. The molecule has 0 unspecified atom stereocenters. The number of hydrogen-bond donors (Lipinski definition) is 0. The molecule has 0 aliphatic carbocycles. The van der Waals surface area contributed by atoms with E-state index in [9.17, 15) is 13.2 Å². The molecule has 1 amide bonds. The van der Waals surface area contributed by atoms with Crippen LogP contribution in [-0.2, 0) is 21.1 Å². The van der Waals surface area contributed by atoms with Crippen LogP contribution in [0.4, 0.5) is 5.69 Å². The molecule has 4 rings (SSSR count). The van der Waals surface area contributed by atoms with Gasteiger partial charge in [0.25, 0.3) is 5.91 Å². The van der Waals surface area contributed by atoms with Gasteiger partial charge in [0.2, 0.25) is 0 Å². The average molecular weight is 479 g/mol. The minimum atomic E-state index is -3.08. The number of carbonyl (C=O) groups is 1. The number of amidine groups is 1. The van der Waals surface area contributed by atoms with Crippen molar-refractivity contribution in [2.75, 3.05) is 16.4 Å². The molecule has 5 nitrogen and oxygen atoms in total. The molecule has 2 aliphatic rings. The number of carbonyl (C=O) groups excluding carboxylic acids is 1. The van der Waals surface area contributed by atoms with Crippen LogP contribution in [-0.4, -0.2) is 42.3 Å². The molecular formula is C20H19BrN2O3S2. The fraction of sp³-hybridized carbons (Fsp3) is 0.300. The number of fused-ring (bicyclic) bond motifs is 1. The molecule has 2 heterocycles. The van der Waals surface area contributed by atoms with E-state index < -0.39 is 9.84 Å². The van der Waals surface area contributed by atoms with Gasteiger partial charge in [-0.2, -0.15) is 4.99 Å². The number of benzene rings is 2. The predicted molar refractivity (Wildman–Crippen MR) is 118 cm³/mol. The number of hydrogen-bond acceptors (Lipinski definition) is 4. The van der Waals surface area contributed by atoms with E-state index in [4.69, 9.17) is 0 Å². The summed E-state index contributed by atoms with van der Waals surface area (Å²) in [4.78, 5) is 18.9. The van der Waals surface area contributed by atoms with E-state index >= 15 is 0 Å². The molecule has 146 valence electrons. The average Bonchev–Trinajstić information content (AvgIpc) is 3.07. The standard InChI is InChI=1S/C20H19BrN2O3S2/c1-13-5-7-14(8-6-13)9-19(24)22-20-23(16-4-2-3-15(21)10-16)17-11-28(25,26)12-18(17)27-20/h2-8,10,17-18H,9,11-12H2,1H3/t17-,18+/m0/s1. The van der Waals surface area contributed by atoms with Crippen LogP contribution in [0.15, 0.2) is 58.0 Å². The molecule has 2 saturated heterocycles. The highest BCUT2D eigenvalue weighted by molar-refractivity contribution is 9.10. The Morgan fingerprint density at radius 2 is 1.96 bits per heavy atom. The number of thioether (sulfide) groups is 1. The summed E-state index contributed by atoms with van der Waals surface area (Å²) in [5, 5.41) is 0.481. The first-order valence-corrected chi connectivity index (χ1v) is 12.4. The van der Waals surface area contributed by atoms with Crippen LogP contribution in [0.2, 0.25) is 0 Å². The van der Waals surface area contributed by atoms with Gasteiger partial charge < -0.3 is 4.90 Å². The Morgan fingerprint density at radius 1 is 1.21 bits per heavy atom. The Morgan fingerprint density at radius 3 is 2.68 bits per heavy atom. The number of rotatable bonds is 3. The third kappa shape index (κ3) is 4.18. The van der Waals surface area contributed by atoms with Crippen molar-refractivity contribution in [3.05, 3.63) is 64.1 Å². The topological polar surface area (TPSA) is 66.8 Å². The number of halogens is 1. The van der Waals surface area contributed by atoms with E-state index in [0.717, 1.165) is 21.3 Å². The van der Waals surface area contributed by atoms with Crippen molar-refractivity contribution in [1.82, 2.24) is 0 Å². The van der Waals surface area contributed by atoms with Gasteiger partial charge in [0.05, 0.1) is 24.0 Å². The van der Waals surface area contributed by atoms with E-state index in [0.29, 0.717) is 5.17 Å². The summed E-state index contributed by atoms with van der Waals surface area (Å²) in [5.41, 5.74) is 2.90. The van der Waals surface area contributed by atoms with E-state index in [1.807, 2.05) is 60.4 Å². The molecule has 0 spiro atoms. The van der Waals surface area contributed by atoms with Gasteiger partial charge in [-0.25, -0.2) is 8.42 Å².